The Morgan fingerprint density at radius 2 is 2.21 bits per heavy atom. The van der Waals surface area contributed by atoms with Gasteiger partial charge in [-0.1, -0.05) is 13.0 Å². The maximum absolute atomic E-state index is 12.0. The molecule has 0 aliphatic heterocycles. The Bertz CT molecular complexity index is 457. The Morgan fingerprint density at radius 1 is 1.47 bits per heavy atom. The van der Waals surface area contributed by atoms with E-state index in [0.29, 0.717) is 12.1 Å². The van der Waals surface area contributed by atoms with Gasteiger partial charge in [-0.05, 0) is 31.6 Å². The van der Waals surface area contributed by atoms with Crippen LogP contribution in [-0.4, -0.2) is 39.5 Å². The summed E-state index contributed by atoms with van der Waals surface area (Å²) in [4.78, 5) is 28.2. The van der Waals surface area contributed by atoms with Crippen molar-refractivity contribution in [2.75, 3.05) is 6.54 Å². The molecule has 5 heteroatoms. The predicted octanol–water partition coefficient (Wildman–Crippen LogP) is 1.81. The molecule has 0 saturated carbocycles. The van der Waals surface area contributed by atoms with Gasteiger partial charge in [0.25, 0.3) is 0 Å². The summed E-state index contributed by atoms with van der Waals surface area (Å²) in [5.74, 6) is -1.33. The molecule has 1 aromatic rings. The van der Waals surface area contributed by atoms with E-state index in [4.69, 9.17) is 5.11 Å². The van der Waals surface area contributed by atoms with Crippen molar-refractivity contribution in [1.82, 2.24) is 9.88 Å². The standard InChI is InChI=1S/C14H18N2O3/c1-3-11(2)16(10-14(18)19)13(17)8-7-12-6-4-5-9-15-12/h4-9,11H,3,10H2,1-2H3,(H,18,19)/b8-7+/t11-/m1/s1. The van der Waals surface area contributed by atoms with E-state index in [0.717, 1.165) is 0 Å². The molecule has 1 atom stereocenters. The molecule has 0 aliphatic carbocycles. The molecule has 1 amide bonds. The van der Waals surface area contributed by atoms with Gasteiger partial charge in [0.1, 0.15) is 6.54 Å². The first-order valence-corrected chi connectivity index (χ1v) is 6.16. The van der Waals surface area contributed by atoms with E-state index in [1.54, 1.807) is 24.4 Å². The monoisotopic (exact) mass is 262 g/mol. The molecule has 1 N–H and O–H groups in total. The van der Waals surface area contributed by atoms with Crippen LogP contribution >= 0.6 is 0 Å². The lowest BCUT2D eigenvalue weighted by molar-refractivity contribution is -0.144. The number of amides is 1. The van der Waals surface area contributed by atoms with Crippen molar-refractivity contribution in [2.45, 2.75) is 26.3 Å². The number of aliphatic carboxylic acids is 1. The smallest absolute Gasteiger partial charge is 0.323 e. The fourth-order valence-corrected chi connectivity index (χ4v) is 1.54. The first kappa shape index (κ1) is 14.9. The Morgan fingerprint density at radius 3 is 2.74 bits per heavy atom. The van der Waals surface area contributed by atoms with Crippen molar-refractivity contribution in [3.63, 3.8) is 0 Å². The summed E-state index contributed by atoms with van der Waals surface area (Å²) in [6, 6.07) is 5.27. The van der Waals surface area contributed by atoms with Crippen molar-refractivity contribution >= 4 is 18.0 Å². The molecule has 5 nitrogen and oxygen atoms in total. The summed E-state index contributed by atoms with van der Waals surface area (Å²) in [5, 5.41) is 8.83. The van der Waals surface area contributed by atoms with Crippen LogP contribution in [0.15, 0.2) is 30.5 Å². The highest BCUT2D eigenvalue weighted by atomic mass is 16.4. The van der Waals surface area contributed by atoms with Crippen molar-refractivity contribution < 1.29 is 14.7 Å². The number of carbonyl (C=O) groups excluding carboxylic acids is 1. The van der Waals surface area contributed by atoms with Crippen molar-refractivity contribution in [2.24, 2.45) is 0 Å². The first-order chi connectivity index (χ1) is 9.04. The zero-order valence-electron chi connectivity index (χ0n) is 11.1. The van der Waals surface area contributed by atoms with Crippen LogP contribution in [0.25, 0.3) is 6.08 Å². The number of carboxylic acids is 1. The maximum atomic E-state index is 12.0. The molecule has 0 bridgehead atoms. The van der Waals surface area contributed by atoms with E-state index < -0.39 is 5.97 Å². The second kappa shape index (κ2) is 7.31. The summed E-state index contributed by atoms with van der Waals surface area (Å²) in [6.45, 7) is 3.45. The lowest BCUT2D eigenvalue weighted by atomic mass is 10.2. The molecule has 19 heavy (non-hydrogen) atoms. The summed E-state index contributed by atoms with van der Waals surface area (Å²) < 4.78 is 0. The van der Waals surface area contributed by atoms with E-state index in [-0.39, 0.29) is 18.5 Å². The molecule has 0 aliphatic rings. The number of hydrogen-bond donors (Lipinski definition) is 1. The van der Waals surface area contributed by atoms with Gasteiger partial charge in [0.2, 0.25) is 5.91 Å². The highest BCUT2D eigenvalue weighted by Crippen LogP contribution is 2.06. The molecule has 0 unspecified atom stereocenters. The lowest BCUT2D eigenvalue weighted by Gasteiger charge is -2.25. The number of carbonyl (C=O) groups is 2. The highest BCUT2D eigenvalue weighted by molar-refractivity contribution is 5.93. The molecular weight excluding hydrogens is 244 g/mol. The zero-order chi connectivity index (χ0) is 14.3. The Balaban J connectivity index is 2.77. The van der Waals surface area contributed by atoms with Crippen LogP contribution in [0.2, 0.25) is 0 Å². The van der Waals surface area contributed by atoms with Gasteiger partial charge in [-0.25, -0.2) is 0 Å². The molecule has 0 radical (unpaired) electrons. The minimum absolute atomic E-state index is 0.114. The topological polar surface area (TPSA) is 70.5 Å². The van der Waals surface area contributed by atoms with Crippen LogP contribution in [0.4, 0.5) is 0 Å². The van der Waals surface area contributed by atoms with Gasteiger partial charge < -0.3 is 10.0 Å². The number of carboxylic acid groups (broad SMARTS) is 1. The van der Waals surface area contributed by atoms with Crippen LogP contribution in [0.1, 0.15) is 26.0 Å². The Kier molecular flexibility index (Phi) is 5.73. The van der Waals surface area contributed by atoms with Gasteiger partial charge in [0, 0.05) is 18.3 Å². The summed E-state index contributed by atoms with van der Waals surface area (Å²) in [7, 11) is 0. The van der Waals surface area contributed by atoms with Crippen LogP contribution in [0, 0.1) is 0 Å². The van der Waals surface area contributed by atoms with E-state index in [2.05, 4.69) is 4.98 Å². The Labute approximate surface area is 112 Å². The third-order valence-corrected chi connectivity index (χ3v) is 2.80. The summed E-state index contributed by atoms with van der Waals surface area (Å²) in [5.41, 5.74) is 0.662. The molecule has 0 aromatic carbocycles. The molecular formula is C14H18N2O3. The molecule has 102 valence electrons. The summed E-state index contributed by atoms with van der Waals surface area (Å²) >= 11 is 0. The van der Waals surface area contributed by atoms with Gasteiger partial charge in [-0.15, -0.1) is 0 Å². The van der Waals surface area contributed by atoms with E-state index in [1.807, 2.05) is 19.9 Å². The maximum Gasteiger partial charge on any atom is 0.323 e. The predicted molar refractivity (Wildman–Crippen MR) is 72.4 cm³/mol. The molecule has 0 saturated heterocycles. The highest BCUT2D eigenvalue weighted by Gasteiger charge is 2.19. The average molecular weight is 262 g/mol. The summed E-state index contributed by atoms with van der Waals surface area (Å²) in [6.07, 6.45) is 5.28. The van der Waals surface area contributed by atoms with Crippen molar-refractivity contribution in [1.29, 1.82) is 0 Å². The van der Waals surface area contributed by atoms with Gasteiger partial charge in [0.15, 0.2) is 0 Å². The third-order valence-electron chi connectivity index (χ3n) is 2.80. The Hall–Kier alpha value is -2.17. The fourth-order valence-electron chi connectivity index (χ4n) is 1.54. The third kappa shape index (κ3) is 4.91. The normalized spacial score (nSPS) is 12.3. The number of hydrogen-bond acceptors (Lipinski definition) is 3. The van der Waals surface area contributed by atoms with Gasteiger partial charge in [-0.3, -0.25) is 14.6 Å². The van der Waals surface area contributed by atoms with Gasteiger partial charge in [0.05, 0.1) is 5.69 Å². The van der Waals surface area contributed by atoms with Crippen LogP contribution in [0.3, 0.4) is 0 Å². The number of nitrogens with zero attached hydrogens (tertiary/aromatic N) is 2. The van der Waals surface area contributed by atoms with Crippen molar-refractivity contribution in [3.8, 4) is 0 Å². The number of rotatable bonds is 6. The largest absolute Gasteiger partial charge is 0.480 e. The van der Waals surface area contributed by atoms with Crippen LogP contribution < -0.4 is 0 Å². The first-order valence-electron chi connectivity index (χ1n) is 6.16. The van der Waals surface area contributed by atoms with E-state index in [1.165, 1.54) is 11.0 Å². The SMILES string of the molecule is CC[C@@H](C)N(CC(=O)O)C(=O)/C=C/c1ccccn1. The van der Waals surface area contributed by atoms with Crippen LogP contribution in [0.5, 0.6) is 0 Å². The average Bonchev–Trinajstić information content (AvgIpc) is 2.42. The van der Waals surface area contributed by atoms with Gasteiger partial charge >= 0.3 is 5.97 Å². The van der Waals surface area contributed by atoms with E-state index in [9.17, 15) is 9.59 Å². The lowest BCUT2D eigenvalue weighted by Crippen LogP contribution is -2.40. The van der Waals surface area contributed by atoms with Crippen LogP contribution in [-0.2, 0) is 9.59 Å². The van der Waals surface area contributed by atoms with E-state index >= 15 is 0 Å². The second-order valence-electron chi connectivity index (χ2n) is 4.21. The number of aromatic nitrogens is 1. The van der Waals surface area contributed by atoms with Crippen molar-refractivity contribution in [3.05, 3.63) is 36.2 Å². The molecule has 1 aromatic heterocycles. The quantitative estimate of drug-likeness (QED) is 0.794. The zero-order valence-corrected chi connectivity index (χ0v) is 11.1. The fraction of sp³-hybridized carbons (Fsp3) is 0.357. The molecule has 1 heterocycles. The minimum Gasteiger partial charge on any atom is -0.480 e. The molecule has 0 spiro atoms. The number of pyridine rings is 1. The minimum atomic E-state index is -1.01. The van der Waals surface area contributed by atoms with Gasteiger partial charge in [-0.2, -0.15) is 0 Å². The second-order valence-corrected chi connectivity index (χ2v) is 4.21. The molecule has 0 fully saturated rings. The molecule has 1 rings (SSSR count).